The molecule has 21 heavy (non-hydrogen) atoms. The van der Waals surface area contributed by atoms with Gasteiger partial charge in [0.2, 0.25) is 0 Å². The van der Waals surface area contributed by atoms with Crippen LogP contribution in [0.1, 0.15) is 31.9 Å². The van der Waals surface area contributed by atoms with E-state index in [1.807, 2.05) is 0 Å². The lowest BCUT2D eigenvalue weighted by atomic mass is 9.91. The van der Waals surface area contributed by atoms with Gasteiger partial charge in [0, 0.05) is 13.1 Å². The molecule has 2 heteroatoms. The van der Waals surface area contributed by atoms with E-state index >= 15 is 0 Å². The summed E-state index contributed by atoms with van der Waals surface area (Å²) in [5.74, 6) is 0. The van der Waals surface area contributed by atoms with Crippen LogP contribution in [0, 0.1) is 5.41 Å². The molecule has 0 unspecified atom stereocenters. The second-order valence-corrected chi connectivity index (χ2v) is 6.53. The molecule has 0 aliphatic carbocycles. The molecule has 0 aliphatic rings. The Kier molecular flexibility index (Phi) is 5.54. The van der Waals surface area contributed by atoms with Gasteiger partial charge in [0.05, 0.1) is 6.17 Å². The SMILES string of the molecule is CC(C)(C)C(NCc1ccccc1)NCc1ccccc1. The normalized spacial score (nSPS) is 11.8. The monoisotopic (exact) mass is 282 g/mol. The molecule has 112 valence electrons. The summed E-state index contributed by atoms with van der Waals surface area (Å²) < 4.78 is 0. The maximum Gasteiger partial charge on any atom is 0.0626 e. The first-order chi connectivity index (χ1) is 10.1. The summed E-state index contributed by atoms with van der Waals surface area (Å²) in [7, 11) is 0. The van der Waals surface area contributed by atoms with Crippen LogP contribution < -0.4 is 10.6 Å². The first-order valence-electron chi connectivity index (χ1n) is 7.60. The largest absolute Gasteiger partial charge is 0.297 e. The van der Waals surface area contributed by atoms with Gasteiger partial charge in [-0.25, -0.2) is 0 Å². The molecular formula is C19H26N2. The van der Waals surface area contributed by atoms with E-state index in [0.29, 0.717) is 0 Å². The summed E-state index contributed by atoms with van der Waals surface area (Å²) in [6.45, 7) is 8.53. The fourth-order valence-electron chi connectivity index (χ4n) is 2.32. The Bertz CT molecular complexity index is 471. The molecule has 0 spiro atoms. The van der Waals surface area contributed by atoms with Gasteiger partial charge in [-0.3, -0.25) is 10.6 Å². The molecule has 2 nitrogen and oxygen atoms in total. The van der Waals surface area contributed by atoms with Crippen LogP contribution in [-0.2, 0) is 13.1 Å². The summed E-state index contributed by atoms with van der Waals surface area (Å²) in [6.07, 6.45) is 0.262. The molecular weight excluding hydrogens is 256 g/mol. The van der Waals surface area contributed by atoms with Crippen molar-refractivity contribution in [2.45, 2.75) is 40.0 Å². The third kappa shape index (κ3) is 5.33. The van der Waals surface area contributed by atoms with Crippen molar-refractivity contribution in [3.05, 3.63) is 71.8 Å². The maximum absolute atomic E-state index is 3.64. The van der Waals surface area contributed by atoms with Gasteiger partial charge in [-0.1, -0.05) is 81.4 Å². The zero-order valence-corrected chi connectivity index (χ0v) is 13.3. The van der Waals surface area contributed by atoms with E-state index in [2.05, 4.69) is 92.1 Å². The number of hydrogen-bond acceptors (Lipinski definition) is 2. The molecule has 0 saturated carbocycles. The molecule has 2 N–H and O–H groups in total. The minimum atomic E-state index is 0.156. The first kappa shape index (κ1) is 15.7. The maximum atomic E-state index is 3.64. The molecule has 0 radical (unpaired) electrons. The number of nitrogens with one attached hydrogen (secondary N) is 2. The summed E-state index contributed by atoms with van der Waals surface area (Å²) in [5.41, 5.74) is 2.78. The topological polar surface area (TPSA) is 24.1 Å². The molecule has 0 atom stereocenters. The van der Waals surface area contributed by atoms with Crippen molar-refractivity contribution in [1.29, 1.82) is 0 Å². The van der Waals surface area contributed by atoms with Gasteiger partial charge in [-0.2, -0.15) is 0 Å². The van der Waals surface area contributed by atoms with Crippen LogP contribution >= 0.6 is 0 Å². The highest BCUT2D eigenvalue weighted by Crippen LogP contribution is 2.18. The Balaban J connectivity index is 1.92. The van der Waals surface area contributed by atoms with Crippen molar-refractivity contribution in [3.63, 3.8) is 0 Å². The van der Waals surface area contributed by atoms with Crippen molar-refractivity contribution in [2.24, 2.45) is 5.41 Å². The van der Waals surface area contributed by atoms with Gasteiger partial charge in [0.1, 0.15) is 0 Å². The molecule has 0 heterocycles. The van der Waals surface area contributed by atoms with E-state index in [1.165, 1.54) is 11.1 Å². The fourth-order valence-corrected chi connectivity index (χ4v) is 2.32. The average molecular weight is 282 g/mol. The highest BCUT2D eigenvalue weighted by Gasteiger charge is 2.23. The third-order valence-corrected chi connectivity index (χ3v) is 3.57. The quantitative estimate of drug-likeness (QED) is 0.784. The smallest absolute Gasteiger partial charge is 0.0626 e. The zero-order valence-electron chi connectivity index (χ0n) is 13.3. The number of benzene rings is 2. The van der Waals surface area contributed by atoms with E-state index in [-0.39, 0.29) is 11.6 Å². The van der Waals surface area contributed by atoms with E-state index in [0.717, 1.165) is 13.1 Å². The van der Waals surface area contributed by atoms with Crippen molar-refractivity contribution < 1.29 is 0 Å². The fraction of sp³-hybridized carbons (Fsp3) is 0.368. The lowest BCUT2D eigenvalue weighted by Crippen LogP contribution is -2.50. The summed E-state index contributed by atoms with van der Waals surface area (Å²) >= 11 is 0. The Hall–Kier alpha value is -1.64. The van der Waals surface area contributed by atoms with E-state index in [9.17, 15) is 0 Å². The van der Waals surface area contributed by atoms with Crippen LogP contribution in [0.3, 0.4) is 0 Å². The molecule has 0 amide bonds. The van der Waals surface area contributed by atoms with Gasteiger partial charge in [0.15, 0.2) is 0 Å². The van der Waals surface area contributed by atoms with Gasteiger partial charge < -0.3 is 0 Å². The standard InChI is InChI=1S/C19H26N2/c1-19(2,3)18(20-14-16-10-6-4-7-11-16)21-15-17-12-8-5-9-13-17/h4-13,18,20-21H,14-15H2,1-3H3. The molecule has 0 fully saturated rings. The second kappa shape index (κ2) is 7.39. The van der Waals surface area contributed by atoms with Crippen LogP contribution in [0.2, 0.25) is 0 Å². The lowest BCUT2D eigenvalue weighted by molar-refractivity contribution is 0.221. The van der Waals surface area contributed by atoms with Crippen LogP contribution in [0.25, 0.3) is 0 Å². The van der Waals surface area contributed by atoms with Crippen molar-refractivity contribution in [2.75, 3.05) is 0 Å². The molecule has 0 aromatic heterocycles. The molecule has 2 aromatic carbocycles. The molecule has 0 saturated heterocycles. The second-order valence-electron chi connectivity index (χ2n) is 6.53. The van der Waals surface area contributed by atoms with Crippen LogP contribution in [-0.4, -0.2) is 6.17 Å². The minimum absolute atomic E-state index is 0.156. The summed E-state index contributed by atoms with van der Waals surface area (Å²) in [5, 5.41) is 7.27. The molecule has 0 aliphatic heterocycles. The van der Waals surface area contributed by atoms with Crippen LogP contribution in [0.4, 0.5) is 0 Å². The Morgan fingerprint density at radius 3 is 1.43 bits per heavy atom. The van der Waals surface area contributed by atoms with Gasteiger partial charge in [-0.15, -0.1) is 0 Å². The molecule has 0 bridgehead atoms. The average Bonchev–Trinajstić information content (AvgIpc) is 2.48. The molecule has 2 aromatic rings. The highest BCUT2D eigenvalue weighted by atomic mass is 15.1. The van der Waals surface area contributed by atoms with Crippen LogP contribution in [0.5, 0.6) is 0 Å². The minimum Gasteiger partial charge on any atom is -0.297 e. The number of rotatable bonds is 6. The predicted molar refractivity (Wildman–Crippen MR) is 89.8 cm³/mol. The lowest BCUT2D eigenvalue weighted by Gasteiger charge is -2.32. The van der Waals surface area contributed by atoms with Gasteiger partial charge in [0.25, 0.3) is 0 Å². The van der Waals surface area contributed by atoms with E-state index in [1.54, 1.807) is 0 Å². The summed E-state index contributed by atoms with van der Waals surface area (Å²) in [6, 6.07) is 21.1. The van der Waals surface area contributed by atoms with Crippen LogP contribution in [0.15, 0.2) is 60.7 Å². The van der Waals surface area contributed by atoms with E-state index < -0.39 is 0 Å². The van der Waals surface area contributed by atoms with Gasteiger partial charge >= 0.3 is 0 Å². The summed E-state index contributed by atoms with van der Waals surface area (Å²) in [4.78, 5) is 0. The Labute approximate surface area is 128 Å². The Morgan fingerprint density at radius 2 is 1.10 bits per heavy atom. The zero-order chi connectivity index (χ0) is 15.1. The van der Waals surface area contributed by atoms with E-state index in [4.69, 9.17) is 0 Å². The number of hydrogen-bond donors (Lipinski definition) is 2. The Morgan fingerprint density at radius 1 is 0.714 bits per heavy atom. The predicted octanol–water partition coefficient (Wildman–Crippen LogP) is 3.94. The highest BCUT2D eigenvalue weighted by molar-refractivity contribution is 5.15. The van der Waals surface area contributed by atoms with Crippen molar-refractivity contribution in [3.8, 4) is 0 Å². The first-order valence-corrected chi connectivity index (χ1v) is 7.60. The van der Waals surface area contributed by atoms with Gasteiger partial charge in [-0.05, 0) is 16.5 Å². The van der Waals surface area contributed by atoms with Crippen molar-refractivity contribution in [1.82, 2.24) is 10.6 Å². The van der Waals surface area contributed by atoms with Crippen molar-refractivity contribution >= 4 is 0 Å². The molecule has 2 rings (SSSR count). The third-order valence-electron chi connectivity index (χ3n) is 3.57.